The van der Waals surface area contributed by atoms with E-state index in [-0.39, 0.29) is 5.54 Å². The first-order valence-electron chi connectivity index (χ1n) is 4.49. The van der Waals surface area contributed by atoms with Crippen LogP contribution in [0.4, 0.5) is 0 Å². The Hall–Kier alpha value is -0.770. The van der Waals surface area contributed by atoms with E-state index in [1.807, 2.05) is 12.1 Å². The third-order valence-electron chi connectivity index (χ3n) is 2.58. The van der Waals surface area contributed by atoms with E-state index < -0.39 is 0 Å². The Morgan fingerprint density at radius 3 is 2.71 bits per heavy atom. The minimum absolute atomic E-state index is 0.296. The summed E-state index contributed by atoms with van der Waals surface area (Å²) in [4.78, 5) is 0. The zero-order chi connectivity index (χ0) is 10.2. The van der Waals surface area contributed by atoms with E-state index in [2.05, 4.69) is 5.32 Å². The van der Waals surface area contributed by atoms with Crippen molar-refractivity contribution in [2.75, 3.05) is 20.2 Å². The fourth-order valence-electron chi connectivity index (χ4n) is 1.66. The maximum atomic E-state index is 6.17. The van der Waals surface area contributed by atoms with Crippen LogP contribution >= 0.6 is 11.6 Å². The van der Waals surface area contributed by atoms with Crippen LogP contribution in [0.2, 0.25) is 5.02 Å². The molecular formula is C10H13ClN2O. The second-order valence-corrected chi connectivity index (χ2v) is 4.04. The molecule has 0 amide bonds. The molecule has 1 aromatic carbocycles. The lowest BCUT2D eigenvalue weighted by atomic mass is 9.85. The summed E-state index contributed by atoms with van der Waals surface area (Å²) in [7, 11) is 1.63. The van der Waals surface area contributed by atoms with Crippen LogP contribution in [0, 0.1) is 0 Å². The first kappa shape index (κ1) is 9.77. The highest BCUT2D eigenvalue weighted by Crippen LogP contribution is 2.32. The molecule has 4 heteroatoms. The van der Waals surface area contributed by atoms with E-state index in [0.29, 0.717) is 5.02 Å². The lowest BCUT2D eigenvalue weighted by molar-refractivity contribution is 0.274. The number of nitrogens with one attached hydrogen (secondary N) is 1. The lowest BCUT2D eigenvalue weighted by Crippen LogP contribution is -2.62. The number of benzene rings is 1. The Labute approximate surface area is 88.2 Å². The first-order chi connectivity index (χ1) is 6.65. The molecule has 3 N–H and O–H groups in total. The van der Waals surface area contributed by atoms with Crippen LogP contribution in [0.15, 0.2) is 18.2 Å². The van der Waals surface area contributed by atoms with Crippen LogP contribution < -0.4 is 15.8 Å². The molecule has 14 heavy (non-hydrogen) atoms. The molecule has 2 rings (SSSR count). The van der Waals surface area contributed by atoms with Gasteiger partial charge in [-0.2, -0.15) is 0 Å². The smallest absolute Gasteiger partial charge is 0.125 e. The molecule has 0 aliphatic carbocycles. The zero-order valence-electron chi connectivity index (χ0n) is 8.01. The van der Waals surface area contributed by atoms with Crippen LogP contribution in [0.25, 0.3) is 0 Å². The lowest BCUT2D eigenvalue weighted by Gasteiger charge is -2.40. The minimum atomic E-state index is -0.296. The Morgan fingerprint density at radius 1 is 1.50 bits per heavy atom. The molecule has 0 aromatic heterocycles. The molecule has 0 saturated carbocycles. The van der Waals surface area contributed by atoms with Crippen LogP contribution in [0.3, 0.4) is 0 Å². The van der Waals surface area contributed by atoms with E-state index in [1.54, 1.807) is 13.2 Å². The van der Waals surface area contributed by atoms with Crippen LogP contribution in [0.1, 0.15) is 5.56 Å². The summed E-state index contributed by atoms with van der Waals surface area (Å²) in [6.07, 6.45) is 0. The molecular weight excluding hydrogens is 200 g/mol. The summed E-state index contributed by atoms with van der Waals surface area (Å²) in [6.45, 7) is 1.57. The van der Waals surface area contributed by atoms with Gasteiger partial charge in [-0.3, -0.25) is 0 Å². The largest absolute Gasteiger partial charge is 0.496 e. The Bertz CT molecular complexity index is 350. The van der Waals surface area contributed by atoms with Crippen molar-refractivity contribution in [3.63, 3.8) is 0 Å². The highest BCUT2D eigenvalue weighted by atomic mass is 35.5. The summed E-state index contributed by atoms with van der Waals surface area (Å²) in [6, 6.07) is 5.57. The molecule has 1 fully saturated rings. The average molecular weight is 213 g/mol. The summed E-state index contributed by atoms with van der Waals surface area (Å²) in [5.74, 6) is 0.765. The number of hydrogen-bond acceptors (Lipinski definition) is 3. The molecule has 0 unspecified atom stereocenters. The molecule has 0 bridgehead atoms. The van der Waals surface area contributed by atoms with Crippen molar-refractivity contribution < 1.29 is 4.74 Å². The van der Waals surface area contributed by atoms with Gasteiger partial charge in [0.05, 0.1) is 12.6 Å². The van der Waals surface area contributed by atoms with Crippen molar-refractivity contribution in [2.24, 2.45) is 5.73 Å². The minimum Gasteiger partial charge on any atom is -0.496 e. The topological polar surface area (TPSA) is 47.3 Å². The second kappa shape index (κ2) is 3.42. The highest BCUT2D eigenvalue weighted by molar-refractivity contribution is 6.30. The third-order valence-corrected chi connectivity index (χ3v) is 2.82. The van der Waals surface area contributed by atoms with Gasteiger partial charge in [-0.05, 0) is 12.1 Å². The standard InChI is InChI=1S/C10H13ClN2O/c1-14-9-4-7(11)2-3-8(9)10(12)5-13-6-10/h2-4,13H,5-6,12H2,1H3. The Morgan fingerprint density at radius 2 is 2.21 bits per heavy atom. The van der Waals surface area contributed by atoms with Gasteiger partial charge in [0.15, 0.2) is 0 Å². The van der Waals surface area contributed by atoms with Gasteiger partial charge < -0.3 is 15.8 Å². The van der Waals surface area contributed by atoms with Gasteiger partial charge >= 0.3 is 0 Å². The van der Waals surface area contributed by atoms with Gasteiger partial charge in [0.25, 0.3) is 0 Å². The molecule has 0 atom stereocenters. The Kier molecular flexibility index (Phi) is 2.39. The van der Waals surface area contributed by atoms with Crippen molar-refractivity contribution in [3.05, 3.63) is 28.8 Å². The number of ether oxygens (including phenoxy) is 1. The average Bonchev–Trinajstić information content (AvgIpc) is 2.14. The van der Waals surface area contributed by atoms with Crippen molar-refractivity contribution in [3.8, 4) is 5.75 Å². The summed E-state index contributed by atoms with van der Waals surface area (Å²) < 4.78 is 5.26. The predicted octanol–water partition coefficient (Wildman–Crippen LogP) is 1.11. The zero-order valence-corrected chi connectivity index (χ0v) is 8.77. The fraction of sp³-hybridized carbons (Fsp3) is 0.400. The number of rotatable bonds is 2. The van der Waals surface area contributed by atoms with Crippen molar-refractivity contribution in [1.29, 1.82) is 0 Å². The van der Waals surface area contributed by atoms with E-state index in [0.717, 1.165) is 24.4 Å². The maximum absolute atomic E-state index is 6.17. The third kappa shape index (κ3) is 1.47. The predicted molar refractivity (Wildman–Crippen MR) is 56.7 cm³/mol. The van der Waals surface area contributed by atoms with Crippen molar-refractivity contribution in [1.82, 2.24) is 5.32 Å². The molecule has 0 spiro atoms. The maximum Gasteiger partial charge on any atom is 0.125 e. The molecule has 3 nitrogen and oxygen atoms in total. The summed E-state index contributed by atoms with van der Waals surface area (Å²) >= 11 is 5.87. The monoisotopic (exact) mass is 212 g/mol. The normalized spacial score (nSPS) is 18.8. The van der Waals surface area contributed by atoms with Crippen LogP contribution in [-0.4, -0.2) is 20.2 Å². The van der Waals surface area contributed by atoms with E-state index in [1.165, 1.54) is 0 Å². The van der Waals surface area contributed by atoms with E-state index in [9.17, 15) is 0 Å². The Balaban J connectivity index is 2.41. The second-order valence-electron chi connectivity index (χ2n) is 3.60. The molecule has 1 aliphatic heterocycles. The van der Waals surface area contributed by atoms with Gasteiger partial charge in [-0.25, -0.2) is 0 Å². The summed E-state index contributed by atoms with van der Waals surface area (Å²) in [5.41, 5.74) is 6.89. The van der Waals surface area contributed by atoms with E-state index >= 15 is 0 Å². The SMILES string of the molecule is COc1cc(Cl)ccc1C1(N)CNC1. The van der Waals surface area contributed by atoms with Crippen LogP contribution in [-0.2, 0) is 5.54 Å². The highest BCUT2D eigenvalue weighted by Gasteiger charge is 2.36. The molecule has 76 valence electrons. The molecule has 1 aromatic rings. The van der Waals surface area contributed by atoms with Gasteiger partial charge in [-0.15, -0.1) is 0 Å². The van der Waals surface area contributed by atoms with Gasteiger partial charge in [0, 0.05) is 23.7 Å². The molecule has 1 saturated heterocycles. The first-order valence-corrected chi connectivity index (χ1v) is 4.87. The molecule has 0 radical (unpaired) electrons. The van der Waals surface area contributed by atoms with Gasteiger partial charge in [0.1, 0.15) is 5.75 Å². The quantitative estimate of drug-likeness (QED) is 0.772. The number of hydrogen-bond donors (Lipinski definition) is 2. The molecule has 1 heterocycles. The number of nitrogens with two attached hydrogens (primary N) is 1. The van der Waals surface area contributed by atoms with Crippen molar-refractivity contribution in [2.45, 2.75) is 5.54 Å². The van der Waals surface area contributed by atoms with Gasteiger partial charge in [0.2, 0.25) is 0 Å². The van der Waals surface area contributed by atoms with Crippen LogP contribution in [0.5, 0.6) is 5.75 Å². The fourth-order valence-corrected chi connectivity index (χ4v) is 1.82. The van der Waals surface area contributed by atoms with Crippen molar-refractivity contribution >= 4 is 11.6 Å². The molecule has 1 aliphatic rings. The van der Waals surface area contributed by atoms with E-state index in [4.69, 9.17) is 22.1 Å². The number of methoxy groups -OCH3 is 1. The summed E-state index contributed by atoms with van der Waals surface area (Å²) in [5, 5.41) is 3.82. The number of halogens is 1. The van der Waals surface area contributed by atoms with Gasteiger partial charge in [-0.1, -0.05) is 17.7 Å².